The van der Waals surface area contributed by atoms with Crippen molar-refractivity contribution in [1.82, 2.24) is 8.61 Å². The first-order valence-electron chi connectivity index (χ1n) is 19.3. The summed E-state index contributed by atoms with van der Waals surface area (Å²) in [4.78, 5) is 70.8. The summed E-state index contributed by atoms with van der Waals surface area (Å²) in [6, 6.07) is 24.7. The molecule has 0 aromatic heterocycles. The first kappa shape index (κ1) is 47.3. The Labute approximate surface area is 356 Å². The van der Waals surface area contributed by atoms with Gasteiger partial charge in [0.1, 0.15) is 35.4 Å². The van der Waals surface area contributed by atoms with Crippen LogP contribution in [0, 0.1) is 0 Å². The number of rotatable bonds is 16. The number of esters is 3. The Kier molecular flexibility index (Phi) is 15.7. The summed E-state index contributed by atoms with van der Waals surface area (Å²) in [6.45, 7) is 11.2. The molecule has 1 atom stereocenters. The molecule has 4 rings (SSSR count). The summed E-state index contributed by atoms with van der Waals surface area (Å²) in [5.41, 5.74) is 5.63. The zero-order valence-electron chi connectivity index (χ0n) is 35.5. The highest BCUT2D eigenvalue weighted by Crippen LogP contribution is 2.27. The predicted octanol–water partition coefficient (Wildman–Crippen LogP) is 7.44. The lowest BCUT2D eigenvalue weighted by Crippen LogP contribution is -2.54. The van der Waals surface area contributed by atoms with E-state index in [-0.39, 0.29) is 34.6 Å². The molecule has 0 heterocycles. The fourth-order valence-corrected chi connectivity index (χ4v) is 7.24. The van der Waals surface area contributed by atoms with Gasteiger partial charge in [-0.15, -0.1) is 0 Å². The van der Waals surface area contributed by atoms with Gasteiger partial charge in [-0.05, 0) is 121 Å². The lowest BCUT2D eigenvalue weighted by Gasteiger charge is -2.35. The number of carbonyl (C=O) groups is 5. The number of ether oxygens (including phenoxy) is 4. The maximum absolute atomic E-state index is 15.1. The van der Waals surface area contributed by atoms with Crippen LogP contribution in [0.4, 0.5) is 10.5 Å². The summed E-state index contributed by atoms with van der Waals surface area (Å²) in [5, 5.41) is 0. The van der Waals surface area contributed by atoms with Crippen LogP contribution in [0.2, 0.25) is 0 Å². The average Bonchev–Trinajstić information content (AvgIpc) is 3.17. The molecule has 4 aromatic carbocycles. The average molecular weight is 857 g/mol. The van der Waals surface area contributed by atoms with Gasteiger partial charge in [-0.1, -0.05) is 54.6 Å². The Balaban J connectivity index is 1.76. The topological polar surface area (TPSA) is 201 Å². The van der Waals surface area contributed by atoms with Gasteiger partial charge in [0.2, 0.25) is 0 Å². The number of Topliss-reactive ketones (excluding diaryl/α,β-unsaturated/α-hetero) is 1. The SMILES string of the molecule is CC(=O)C[C@@H](C(=O)OC(C)(C)C)N(Cc1cccc(C(=O)OC(C)(C)C)c1)S(=O)(=O)N(Cc1ccc(OC(=O)c2ccc(N=C(C)N)cc2)cc1)C(=O)OCc1ccccc1. The fourth-order valence-electron chi connectivity index (χ4n) is 5.64. The molecule has 0 saturated heterocycles. The molecule has 0 spiro atoms. The van der Waals surface area contributed by atoms with Crippen molar-refractivity contribution in [3.63, 3.8) is 0 Å². The van der Waals surface area contributed by atoms with Gasteiger partial charge < -0.3 is 24.7 Å². The summed E-state index contributed by atoms with van der Waals surface area (Å²) in [6.07, 6.45) is -1.91. The number of nitrogens with zero attached hydrogens (tertiary/aromatic N) is 3. The van der Waals surface area contributed by atoms with Gasteiger partial charge in [-0.2, -0.15) is 17.0 Å². The molecule has 4 aromatic rings. The standard InChI is InChI=1S/C45H52N4O11S/c1-30(50)25-39(42(53)60-45(6,7)8)48(28-34-15-12-16-36(26-34)41(52)59-44(3,4)5)61(55,56)49(43(54)57-29-33-13-10-9-11-14-33)27-32-17-23-38(24-18-32)58-40(51)35-19-21-37(22-20-35)47-31(2)46/h9-24,26,39H,25,27-29H2,1-8H3,(H2,46,47)/t39-/m0/s1. The molecule has 0 fully saturated rings. The number of carbonyl (C=O) groups excluding carboxylic acids is 5. The smallest absolute Gasteiger partial charge is 0.425 e. The quantitative estimate of drug-likeness (QED) is 0.0384. The number of amidine groups is 1. The van der Waals surface area contributed by atoms with Gasteiger partial charge in [0, 0.05) is 13.0 Å². The molecule has 16 heteroatoms. The van der Waals surface area contributed by atoms with Crippen molar-refractivity contribution in [2.24, 2.45) is 10.7 Å². The van der Waals surface area contributed by atoms with Gasteiger partial charge in [-0.3, -0.25) is 9.59 Å². The van der Waals surface area contributed by atoms with Crippen molar-refractivity contribution in [1.29, 1.82) is 0 Å². The van der Waals surface area contributed by atoms with Crippen LogP contribution in [0.25, 0.3) is 0 Å². The van der Waals surface area contributed by atoms with E-state index in [1.54, 1.807) is 90.9 Å². The molecule has 0 aliphatic carbocycles. The molecule has 0 aliphatic heterocycles. The number of amides is 1. The molecule has 1 amide bonds. The van der Waals surface area contributed by atoms with Gasteiger partial charge in [0.05, 0.1) is 29.2 Å². The third-order valence-electron chi connectivity index (χ3n) is 8.26. The minimum atomic E-state index is -5.13. The Hall–Kier alpha value is -6.39. The van der Waals surface area contributed by atoms with E-state index in [1.807, 2.05) is 0 Å². The maximum atomic E-state index is 15.1. The predicted molar refractivity (Wildman–Crippen MR) is 228 cm³/mol. The molecule has 15 nitrogen and oxygen atoms in total. The maximum Gasteiger partial charge on any atom is 0.425 e. The van der Waals surface area contributed by atoms with E-state index in [0.717, 1.165) is 0 Å². The van der Waals surface area contributed by atoms with E-state index in [4.69, 9.17) is 24.7 Å². The molecule has 0 saturated carbocycles. The highest BCUT2D eigenvalue weighted by Gasteiger charge is 2.44. The first-order chi connectivity index (χ1) is 28.5. The van der Waals surface area contributed by atoms with Crippen LogP contribution in [0.15, 0.2) is 108 Å². The minimum Gasteiger partial charge on any atom is -0.459 e. The van der Waals surface area contributed by atoms with Crippen LogP contribution < -0.4 is 10.5 Å². The number of hydrogen-bond donors (Lipinski definition) is 1. The fraction of sp³-hybridized carbons (Fsp3) is 0.333. The van der Waals surface area contributed by atoms with Crippen LogP contribution >= 0.6 is 0 Å². The molecule has 2 N–H and O–H groups in total. The number of aliphatic imine (C=N–C) groups is 1. The van der Waals surface area contributed by atoms with Gasteiger partial charge in [0.15, 0.2) is 0 Å². The van der Waals surface area contributed by atoms with Crippen molar-refractivity contribution in [2.45, 2.75) is 98.8 Å². The molecule has 0 aliphatic rings. The molecular formula is C45H52N4O11S. The second-order valence-electron chi connectivity index (χ2n) is 16.1. The van der Waals surface area contributed by atoms with Crippen LogP contribution in [-0.4, -0.2) is 69.9 Å². The Bertz CT molecular complexity index is 2330. The zero-order chi connectivity index (χ0) is 45.1. The van der Waals surface area contributed by atoms with Crippen molar-refractivity contribution in [3.8, 4) is 5.75 Å². The molecule has 0 unspecified atom stereocenters. The van der Waals surface area contributed by atoms with E-state index in [1.165, 1.54) is 67.6 Å². The highest BCUT2D eigenvalue weighted by atomic mass is 32.2. The summed E-state index contributed by atoms with van der Waals surface area (Å²) in [7, 11) is -5.13. The van der Waals surface area contributed by atoms with Crippen LogP contribution in [0.5, 0.6) is 5.75 Å². The number of hydrogen-bond acceptors (Lipinski definition) is 12. The Morgan fingerprint density at radius 1 is 0.689 bits per heavy atom. The van der Waals surface area contributed by atoms with E-state index in [9.17, 15) is 24.0 Å². The lowest BCUT2D eigenvalue weighted by molar-refractivity contribution is -0.161. The second-order valence-corrected chi connectivity index (χ2v) is 17.9. The van der Waals surface area contributed by atoms with Crippen molar-refractivity contribution < 1.29 is 51.3 Å². The third kappa shape index (κ3) is 14.7. The van der Waals surface area contributed by atoms with Gasteiger partial charge >= 0.3 is 34.2 Å². The highest BCUT2D eigenvalue weighted by molar-refractivity contribution is 7.87. The number of nitrogens with two attached hydrogens (primary N) is 1. The lowest BCUT2D eigenvalue weighted by atomic mass is 10.1. The van der Waals surface area contributed by atoms with Crippen molar-refractivity contribution in [2.75, 3.05) is 0 Å². The minimum absolute atomic E-state index is 0.0953. The second kappa shape index (κ2) is 20.2. The molecule has 0 bridgehead atoms. The first-order valence-corrected chi connectivity index (χ1v) is 20.7. The van der Waals surface area contributed by atoms with Gasteiger partial charge in [0.25, 0.3) is 0 Å². The van der Waals surface area contributed by atoms with Crippen LogP contribution in [-0.2, 0) is 53.7 Å². The summed E-state index contributed by atoms with van der Waals surface area (Å²) >= 11 is 0. The molecular weight excluding hydrogens is 805 g/mol. The normalized spacial score (nSPS) is 12.6. The van der Waals surface area contributed by atoms with E-state index < -0.39 is 76.7 Å². The summed E-state index contributed by atoms with van der Waals surface area (Å²) < 4.78 is 53.6. The van der Waals surface area contributed by atoms with Crippen molar-refractivity contribution >= 4 is 51.5 Å². The largest absolute Gasteiger partial charge is 0.459 e. The van der Waals surface area contributed by atoms with Crippen LogP contribution in [0.3, 0.4) is 0 Å². The van der Waals surface area contributed by atoms with Crippen LogP contribution in [0.1, 0.15) is 99.2 Å². The van der Waals surface area contributed by atoms with Gasteiger partial charge in [-0.25, -0.2) is 19.4 Å². The Morgan fingerprint density at radius 3 is 1.87 bits per heavy atom. The Morgan fingerprint density at radius 2 is 1.30 bits per heavy atom. The summed E-state index contributed by atoms with van der Waals surface area (Å²) in [5.74, 6) is -2.48. The monoisotopic (exact) mass is 856 g/mol. The van der Waals surface area contributed by atoms with Crippen molar-refractivity contribution in [3.05, 3.63) is 131 Å². The molecule has 61 heavy (non-hydrogen) atoms. The zero-order valence-corrected chi connectivity index (χ0v) is 36.4. The van der Waals surface area contributed by atoms with E-state index >= 15 is 8.42 Å². The molecule has 324 valence electrons. The number of benzene rings is 4. The van der Waals surface area contributed by atoms with E-state index in [0.29, 0.717) is 25.7 Å². The molecule has 0 radical (unpaired) electrons. The third-order valence-corrected chi connectivity index (χ3v) is 10.1. The number of ketones is 1. The van der Waals surface area contributed by atoms with E-state index in [2.05, 4.69) is 4.99 Å².